The lowest BCUT2D eigenvalue weighted by molar-refractivity contribution is -0.119. The highest BCUT2D eigenvalue weighted by molar-refractivity contribution is 5.98. The summed E-state index contributed by atoms with van der Waals surface area (Å²) in [4.78, 5) is 30.1. The Bertz CT molecular complexity index is 1480. The summed E-state index contributed by atoms with van der Waals surface area (Å²) >= 11 is 0. The van der Waals surface area contributed by atoms with Gasteiger partial charge in [0.05, 0.1) is 43.8 Å². The molecule has 0 spiro atoms. The van der Waals surface area contributed by atoms with Gasteiger partial charge in [-0.05, 0) is 59.7 Å². The molecule has 6 rings (SSSR count). The highest BCUT2D eigenvalue weighted by atomic mass is 16.5. The van der Waals surface area contributed by atoms with Gasteiger partial charge in [0.25, 0.3) is 0 Å². The maximum atomic E-state index is 13.0. The molecule has 2 saturated heterocycles. The predicted octanol–water partition coefficient (Wildman–Crippen LogP) is 4.12. The van der Waals surface area contributed by atoms with Gasteiger partial charge in [0.1, 0.15) is 5.78 Å². The second kappa shape index (κ2) is 12.8. The van der Waals surface area contributed by atoms with Crippen molar-refractivity contribution in [2.45, 2.75) is 19.3 Å². The number of ether oxygens (including phenoxy) is 2. The van der Waals surface area contributed by atoms with E-state index in [9.17, 15) is 9.59 Å². The van der Waals surface area contributed by atoms with Crippen molar-refractivity contribution >= 4 is 28.2 Å². The lowest BCUT2D eigenvalue weighted by atomic mass is 10.0. The summed E-state index contributed by atoms with van der Waals surface area (Å²) in [7, 11) is 0. The number of hydrogen-bond acceptors (Lipinski definition) is 7. The number of nitrogens with zero attached hydrogens (tertiary/aromatic N) is 4. The van der Waals surface area contributed by atoms with Gasteiger partial charge in [-0.3, -0.25) is 14.5 Å². The number of hydrogen-bond donors (Lipinski definition) is 0. The van der Waals surface area contributed by atoms with E-state index in [1.54, 1.807) is 0 Å². The fourth-order valence-electron chi connectivity index (χ4n) is 5.54. The summed E-state index contributed by atoms with van der Waals surface area (Å²) in [5.74, 6) is 0.351. The fourth-order valence-corrected chi connectivity index (χ4v) is 5.54. The van der Waals surface area contributed by atoms with E-state index in [2.05, 4.69) is 14.9 Å². The van der Waals surface area contributed by atoms with Gasteiger partial charge in [-0.25, -0.2) is 4.68 Å². The number of morpholine rings is 2. The minimum absolute atomic E-state index is 0.0975. The number of rotatable bonds is 10. The monoisotopic (exact) mass is 552 g/mol. The van der Waals surface area contributed by atoms with Gasteiger partial charge in [0.2, 0.25) is 0 Å². The van der Waals surface area contributed by atoms with Crippen LogP contribution in [-0.2, 0) is 27.1 Å². The normalized spacial score (nSPS) is 16.2. The quantitative estimate of drug-likeness (QED) is 0.274. The van der Waals surface area contributed by atoms with Crippen LogP contribution in [0.25, 0.3) is 16.6 Å². The molecular weight excluding hydrogens is 516 g/mol. The molecule has 2 aliphatic heterocycles. The van der Waals surface area contributed by atoms with Crippen molar-refractivity contribution in [3.05, 3.63) is 89.6 Å². The van der Waals surface area contributed by atoms with Gasteiger partial charge in [-0.15, -0.1) is 0 Å². The third kappa shape index (κ3) is 6.73. The van der Waals surface area contributed by atoms with Gasteiger partial charge >= 0.3 is 0 Å². The van der Waals surface area contributed by atoms with Crippen molar-refractivity contribution in [3.63, 3.8) is 0 Å². The van der Waals surface area contributed by atoms with E-state index in [0.717, 1.165) is 98.1 Å². The van der Waals surface area contributed by atoms with Crippen LogP contribution in [0.3, 0.4) is 0 Å². The maximum Gasteiger partial charge on any atom is 0.167 e. The molecule has 3 aromatic carbocycles. The number of benzene rings is 3. The highest BCUT2D eigenvalue weighted by Gasteiger charge is 2.15. The van der Waals surface area contributed by atoms with Crippen LogP contribution in [0.15, 0.2) is 72.9 Å². The first-order valence-corrected chi connectivity index (χ1v) is 14.5. The summed E-state index contributed by atoms with van der Waals surface area (Å²) in [6, 6.07) is 22.0. The van der Waals surface area contributed by atoms with E-state index in [4.69, 9.17) is 9.47 Å². The van der Waals surface area contributed by atoms with Crippen molar-refractivity contribution in [1.82, 2.24) is 14.7 Å². The Morgan fingerprint density at radius 1 is 0.732 bits per heavy atom. The third-order valence-electron chi connectivity index (χ3n) is 7.96. The second-order valence-electron chi connectivity index (χ2n) is 10.8. The van der Waals surface area contributed by atoms with E-state index in [1.807, 2.05) is 77.6 Å². The molecule has 41 heavy (non-hydrogen) atoms. The zero-order chi connectivity index (χ0) is 28.0. The first-order valence-electron chi connectivity index (χ1n) is 14.5. The van der Waals surface area contributed by atoms with Crippen LogP contribution in [0.2, 0.25) is 0 Å². The number of carbonyl (C=O) groups excluding carboxylic acids is 2. The molecule has 0 unspecified atom stereocenters. The Labute approximate surface area is 240 Å². The molecule has 8 heteroatoms. The minimum atomic E-state index is 0.0975. The summed E-state index contributed by atoms with van der Waals surface area (Å²) in [5, 5.41) is 5.59. The molecule has 4 aromatic rings. The van der Waals surface area contributed by atoms with Crippen molar-refractivity contribution in [1.29, 1.82) is 0 Å². The molecule has 2 aliphatic rings. The summed E-state index contributed by atoms with van der Waals surface area (Å²) < 4.78 is 12.7. The van der Waals surface area contributed by atoms with Crippen LogP contribution in [0.4, 0.5) is 5.69 Å². The number of aromatic nitrogens is 2. The van der Waals surface area contributed by atoms with Gasteiger partial charge in [-0.2, -0.15) is 5.10 Å². The minimum Gasteiger partial charge on any atom is -0.379 e. The number of ketones is 2. The standard InChI is InChI=1S/C33H36N4O4/c38-31(11-12-35-13-17-40-18-14-35)22-25-1-6-30(7-2-25)37-32-10-3-26(21-28(32)24-34-37)23-33(39)27-4-8-29(9-5-27)36-15-19-41-20-16-36/h1-10,21,24H,11-20,22-23H2. The molecule has 2 fully saturated rings. The Morgan fingerprint density at radius 3 is 2.12 bits per heavy atom. The Kier molecular flexibility index (Phi) is 8.51. The van der Waals surface area contributed by atoms with E-state index >= 15 is 0 Å². The van der Waals surface area contributed by atoms with Crippen LogP contribution >= 0.6 is 0 Å². The molecule has 0 atom stereocenters. The van der Waals surface area contributed by atoms with Crippen LogP contribution < -0.4 is 4.90 Å². The Hall–Kier alpha value is -3.85. The van der Waals surface area contributed by atoms with Gasteiger partial charge in [-0.1, -0.05) is 18.2 Å². The Balaban J connectivity index is 1.06. The molecule has 1 aromatic heterocycles. The molecule has 212 valence electrons. The zero-order valence-corrected chi connectivity index (χ0v) is 23.3. The average molecular weight is 553 g/mol. The van der Waals surface area contributed by atoms with Crippen LogP contribution in [0.5, 0.6) is 0 Å². The first-order chi connectivity index (χ1) is 20.1. The number of carbonyl (C=O) groups is 2. The lowest BCUT2D eigenvalue weighted by Gasteiger charge is -2.28. The smallest absolute Gasteiger partial charge is 0.167 e. The molecule has 0 bridgehead atoms. The van der Waals surface area contributed by atoms with Gasteiger partial charge in [0.15, 0.2) is 5.78 Å². The first kappa shape index (κ1) is 27.3. The van der Waals surface area contributed by atoms with E-state index in [-0.39, 0.29) is 11.6 Å². The average Bonchev–Trinajstić information content (AvgIpc) is 3.45. The molecule has 0 radical (unpaired) electrons. The number of anilines is 1. The van der Waals surface area contributed by atoms with Crippen molar-refractivity contribution in [2.75, 3.05) is 64.1 Å². The van der Waals surface area contributed by atoms with E-state index in [1.165, 1.54) is 0 Å². The topological polar surface area (TPSA) is 76.9 Å². The Morgan fingerprint density at radius 2 is 1.39 bits per heavy atom. The molecule has 3 heterocycles. The summed E-state index contributed by atoms with van der Waals surface area (Å²) in [6.45, 7) is 7.34. The fraction of sp³-hybridized carbons (Fsp3) is 0.364. The molecule has 0 saturated carbocycles. The second-order valence-corrected chi connectivity index (χ2v) is 10.8. The molecular formula is C33H36N4O4. The molecule has 0 N–H and O–H groups in total. The third-order valence-corrected chi connectivity index (χ3v) is 7.96. The highest BCUT2D eigenvalue weighted by Crippen LogP contribution is 2.22. The maximum absolute atomic E-state index is 13.0. The largest absolute Gasteiger partial charge is 0.379 e. The predicted molar refractivity (Wildman–Crippen MR) is 159 cm³/mol. The van der Waals surface area contributed by atoms with Crippen molar-refractivity contribution in [2.24, 2.45) is 0 Å². The van der Waals surface area contributed by atoms with E-state index in [0.29, 0.717) is 19.3 Å². The van der Waals surface area contributed by atoms with Gasteiger partial charge in [0, 0.05) is 68.6 Å². The van der Waals surface area contributed by atoms with E-state index < -0.39 is 0 Å². The molecule has 8 nitrogen and oxygen atoms in total. The number of fused-ring (bicyclic) bond motifs is 1. The van der Waals surface area contributed by atoms with Gasteiger partial charge < -0.3 is 14.4 Å². The summed E-state index contributed by atoms with van der Waals surface area (Å²) in [5.41, 5.74) is 5.74. The van der Waals surface area contributed by atoms with Crippen LogP contribution in [-0.4, -0.2) is 85.4 Å². The van der Waals surface area contributed by atoms with Crippen molar-refractivity contribution < 1.29 is 19.1 Å². The lowest BCUT2D eigenvalue weighted by Crippen LogP contribution is -2.37. The zero-order valence-electron chi connectivity index (χ0n) is 23.3. The molecule has 0 amide bonds. The van der Waals surface area contributed by atoms with Crippen LogP contribution in [0, 0.1) is 0 Å². The SMILES string of the molecule is O=C(CCN1CCOCC1)Cc1ccc(-n2ncc3cc(CC(=O)c4ccc(N5CCOCC5)cc4)ccc32)cc1. The summed E-state index contributed by atoms with van der Waals surface area (Å²) in [6.07, 6.45) is 3.18. The van der Waals surface area contributed by atoms with Crippen LogP contribution in [0.1, 0.15) is 27.9 Å². The number of Topliss-reactive ketones (excluding diaryl/α,β-unsaturated/α-hetero) is 2. The van der Waals surface area contributed by atoms with Crippen molar-refractivity contribution in [3.8, 4) is 5.69 Å². The molecule has 0 aliphatic carbocycles.